The van der Waals surface area contributed by atoms with E-state index in [0.29, 0.717) is 6.47 Å². The van der Waals surface area contributed by atoms with E-state index in [1.807, 2.05) is 11.9 Å². The summed E-state index contributed by atoms with van der Waals surface area (Å²) >= 11 is 0. The standard InChI is InChI=1S/C12H18N2O4/c1-3-17-12(16)5-4-11(18-10-15)14-8-6-13(2)7-9-14/h10-11H,3,6-9H2,1-2H3. The molecule has 0 bridgehead atoms. The van der Waals surface area contributed by atoms with E-state index in [2.05, 4.69) is 16.7 Å². The average Bonchev–Trinajstić information content (AvgIpc) is 2.36. The summed E-state index contributed by atoms with van der Waals surface area (Å²) in [7, 11) is 2.03. The lowest BCUT2D eigenvalue weighted by atomic mass is 10.3. The van der Waals surface area contributed by atoms with E-state index in [1.54, 1.807) is 6.92 Å². The minimum atomic E-state index is -0.680. The normalized spacial score (nSPS) is 18.3. The van der Waals surface area contributed by atoms with Crippen molar-refractivity contribution in [1.29, 1.82) is 0 Å². The smallest absolute Gasteiger partial charge is 0.384 e. The van der Waals surface area contributed by atoms with Gasteiger partial charge < -0.3 is 14.4 Å². The second kappa shape index (κ2) is 7.69. The first-order valence-corrected chi connectivity index (χ1v) is 5.87. The van der Waals surface area contributed by atoms with Crippen molar-refractivity contribution >= 4 is 12.4 Å². The van der Waals surface area contributed by atoms with Crippen molar-refractivity contribution < 1.29 is 19.1 Å². The number of piperazine rings is 1. The van der Waals surface area contributed by atoms with Crippen LogP contribution in [0.3, 0.4) is 0 Å². The molecule has 100 valence electrons. The number of hydrogen-bond donors (Lipinski definition) is 0. The number of carbonyl (C=O) groups excluding carboxylic acids is 2. The van der Waals surface area contributed by atoms with Crippen LogP contribution >= 0.6 is 0 Å². The second-order valence-electron chi connectivity index (χ2n) is 3.91. The number of nitrogens with zero attached hydrogens (tertiary/aromatic N) is 2. The molecule has 0 aliphatic carbocycles. The third kappa shape index (κ3) is 4.73. The molecule has 0 aromatic rings. The predicted molar refractivity (Wildman–Crippen MR) is 64.4 cm³/mol. The Morgan fingerprint density at radius 3 is 2.61 bits per heavy atom. The monoisotopic (exact) mass is 254 g/mol. The van der Waals surface area contributed by atoms with Gasteiger partial charge in [-0.15, -0.1) is 0 Å². The van der Waals surface area contributed by atoms with E-state index in [1.165, 1.54) is 0 Å². The molecule has 18 heavy (non-hydrogen) atoms. The van der Waals surface area contributed by atoms with E-state index in [0.717, 1.165) is 26.2 Å². The van der Waals surface area contributed by atoms with Gasteiger partial charge in [-0.2, -0.15) is 0 Å². The first kappa shape index (κ1) is 14.5. The molecule has 1 unspecified atom stereocenters. The van der Waals surface area contributed by atoms with Gasteiger partial charge in [0.25, 0.3) is 6.47 Å². The van der Waals surface area contributed by atoms with Crippen molar-refractivity contribution in [2.75, 3.05) is 39.8 Å². The summed E-state index contributed by atoms with van der Waals surface area (Å²) in [5.74, 6) is 4.34. The molecule has 0 aromatic carbocycles. The van der Waals surface area contributed by atoms with Crippen LogP contribution in [0.5, 0.6) is 0 Å². The molecule has 6 heteroatoms. The number of likely N-dealkylation sites (N-methyl/N-ethyl adjacent to an activating group) is 1. The molecule has 1 saturated heterocycles. The SMILES string of the molecule is CCOC(=O)C#CC(OC=O)N1CCN(C)CC1. The van der Waals surface area contributed by atoms with Crippen molar-refractivity contribution in [3.05, 3.63) is 0 Å². The first-order chi connectivity index (χ1) is 8.67. The predicted octanol–water partition coefficient (Wildman–Crippen LogP) is -0.701. The van der Waals surface area contributed by atoms with Crippen LogP contribution in [0.15, 0.2) is 0 Å². The highest BCUT2D eigenvalue weighted by Gasteiger charge is 2.21. The third-order valence-corrected chi connectivity index (χ3v) is 2.63. The largest absolute Gasteiger partial charge is 0.456 e. The zero-order chi connectivity index (χ0) is 13.4. The second-order valence-corrected chi connectivity index (χ2v) is 3.91. The first-order valence-electron chi connectivity index (χ1n) is 5.87. The van der Waals surface area contributed by atoms with Crippen LogP contribution in [0.4, 0.5) is 0 Å². The molecular formula is C12H18N2O4. The van der Waals surface area contributed by atoms with Crippen LogP contribution in [0.1, 0.15) is 6.92 Å². The number of rotatable bonds is 4. The molecular weight excluding hydrogens is 236 g/mol. The Balaban J connectivity index is 2.58. The number of ether oxygens (including phenoxy) is 2. The van der Waals surface area contributed by atoms with Crippen molar-refractivity contribution in [2.45, 2.75) is 13.2 Å². The zero-order valence-corrected chi connectivity index (χ0v) is 10.7. The molecule has 0 N–H and O–H groups in total. The van der Waals surface area contributed by atoms with Crippen LogP contribution in [-0.2, 0) is 19.1 Å². The Kier molecular flexibility index (Phi) is 6.19. The minimum absolute atomic E-state index is 0.279. The van der Waals surface area contributed by atoms with Gasteiger partial charge in [0, 0.05) is 32.1 Å². The van der Waals surface area contributed by atoms with E-state index in [9.17, 15) is 9.59 Å². The Morgan fingerprint density at radius 1 is 1.39 bits per heavy atom. The maximum absolute atomic E-state index is 11.1. The lowest BCUT2D eigenvalue weighted by Gasteiger charge is -2.34. The molecule has 0 radical (unpaired) electrons. The van der Waals surface area contributed by atoms with Crippen molar-refractivity contribution in [1.82, 2.24) is 9.80 Å². The Bertz CT molecular complexity index is 340. The van der Waals surface area contributed by atoms with E-state index in [4.69, 9.17) is 9.47 Å². The van der Waals surface area contributed by atoms with Crippen LogP contribution in [0.25, 0.3) is 0 Å². The molecule has 0 aromatic heterocycles. The van der Waals surface area contributed by atoms with Crippen molar-refractivity contribution in [3.63, 3.8) is 0 Å². The summed E-state index contributed by atoms with van der Waals surface area (Å²) in [6.07, 6.45) is -0.680. The molecule has 1 fully saturated rings. The lowest BCUT2D eigenvalue weighted by molar-refractivity contribution is -0.140. The van der Waals surface area contributed by atoms with Crippen LogP contribution in [0, 0.1) is 11.8 Å². The van der Waals surface area contributed by atoms with Gasteiger partial charge in [-0.25, -0.2) is 4.79 Å². The van der Waals surface area contributed by atoms with Gasteiger partial charge in [0.05, 0.1) is 6.61 Å². The maximum Gasteiger partial charge on any atom is 0.384 e. The van der Waals surface area contributed by atoms with Gasteiger partial charge in [-0.1, -0.05) is 0 Å². The minimum Gasteiger partial charge on any atom is -0.456 e. The topological polar surface area (TPSA) is 59.1 Å². The van der Waals surface area contributed by atoms with Gasteiger partial charge in [0.2, 0.25) is 6.23 Å². The molecule has 1 rings (SSSR count). The Hall–Kier alpha value is -1.58. The molecule has 0 amide bonds. The quantitative estimate of drug-likeness (QED) is 0.286. The fourth-order valence-electron chi connectivity index (χ4n) is 1.61. The molecule has 0 spiro atoms. The number of carbonyl (C=O) groups is 2. The highest BCUT2D eigenvalue weighted by atomic mass is 16.5. The van der Waals surface area contributed by atoms with Gasteiger partial charge in [-0.05, 0) is 19.9 Å². The maximum atomic E-state index is 11.1. The average molecular weight is 254 g/mol. The molecule has 1 heterocycles. The Morgan fingerprint density at radius 2 is 2.06 bits per heavy atom. The zero-order valence-electron chi connectivity index (χ0n) is 10.7. The summed E-state index contributed by atoms with van der Waals surface area (Å²) in [5, 5.41) is 0. The van der Waals surface area contributed by atoms with E-state index < -0.39 is 12.2 Å². The van der Waals surface area contributed by atoms with Crippen LogP contribution in [0.2, 0.25) is 0 Å². The molecule has 6 nitrogen and oxygen atoms in total. The molecule has 1 aliphatic heterocycles. The van der Waals surface area contributed by atoms with Gasteiger partial charge in [0.15, 0.2) is 0 Å². The fourth-order valence-corrected chi connectivity index (χ4v) is 1.61. The summed E-state index contributed by atoms with van der Waals surface area (Å²) in [5.41, 5.74) is 0. The van der Waals surface area contributed by atoms with Gasteiger partial charge in [-0.3, -0.25) is 9.69 Å². The van der Waals surface area contributed by atoms with Gasteiger partial charge in [0.1, 0.15) is 0 Å². The summed E-state index contributed by atoms with van der Waals surface area (Å²) in [6.45, 7) is 5.57. The van der Waals surface area contributed by atoms with Crippen molar-refractivity contribution in [2.24, 2.45) is 0 Å². The van der Waals surface area contributed by atoms with Gasteiger partial charge >= 0.3 is 5.97 Å². The van der Waals surface area contributed by atoms with Crippen LogP contribution in [-0.4, -0.2) is 68.3 Å². The third-order valence-electron chi connectivity index (χ3n) is 2.63. The summed E-state index contributed by atoms with van der Waals surface area (Å²) in [6, 6.07) is 0. The number of hydrogen-bond acceptors (Lipinski definition) is 6. The summed E-state index contributed by atoms with van der Waals surface area (Å²) in [4.78, 5) is 25.7. The lowest BCUT2D eigenvalue weighted by Crippen LogP contribution is -2.49. The molecule has 0 saturated carbocycles. The van der Waals surface area contributed by atoms with Crippen LogP contribution < -0.4 is 0 Å². The number of esters is 1. The fraction of sp³-hybridized carbons (Fsp3) is 0.667. The van der Waals surface area contributed by atoms with E-state index >= 15 is 0 Å². The van der Waals surface area contributed by atoms with Crippen molar-refractivity contribution in [3.8, 4) is 11.8 Å². The summed E-state index contributed by atoms with van der Waals surface area (Å²) < 4.78 is 9.58. The van der Waals surface area contributed by atoms with E-state index in [-0.39, 0.29) is 6.61 Å². The Labute approximate surface area is 107 Å². The molecule has 1 atom stereocenters. The molecule has 1 aliphatic rings. The highest BCUT2D eigenvalue weighted by molar-refractivity contribution is 5.88. The highest BCUT2D eigenvalue weighted by Crippen LogP contribution is 2.05.